The summed E-state index contributed by atoms with van der Waals surface area (Å²) < 4.78 is 20.1. The Morgan fingerprint density at radius 3 is 2.67 bits per heavy atom. The van der Waals surface area contributed by atoms with Crippen molar-refractivity contribution in [1.29, 1.82) is 0 Å². The highest BCUT2D eigenvalue weighted by atomic mass is 79.9. The summed E-state index contributed by atoms with van der Waals surface area (Å²) in [5.74, 6) is -0.170. The van der Waals surface area contributed by atoms with Gasteiger partial charge in [0.25, 0.3) is 0 Å². The summed E-state index contributed by atoms with van der Waals surface area (Å²) in [6, 6.07) is 5.33. The Bertz CT molecular complexity index is 371. The maximum absolute atomic E-state index is 13.8. The van der Waals surface area contributed by atoms with Gasteiger partial charge in [-0.1, -0.05) is 28.9 Å². The molecule has 0 aliphatic rings. The van der Waals surface area contributed by atoms with Crippen molar-refractivity contribution in [3.63, 3.8) is 0 Å². The number of halogens is 2. The van der Waals surface area contributed by atoms with Gasteiger partial charge in [0.2, 0.25) is 0 Å². The number of rotatable bonds is 7. The number of hydrogen-bond acceptors (Lipinski definition) is 2. The van der Waals surface area contributed by atoms with Crippen molar-refractivity contribution in [3.8, 4) is 0 Å². The van der Waals surface area contributed by atoms with Crippen molar-refractivity contribution < 1.29 is 9.13 Å². The third-order valence-electron chi connectivity index (χ3n) is 2.60. The van der Waals surface area contributed by atoms with Crippen molar-refractivity contribution in [2.45, 2.75) is 39.3 Å². The van der Waals surface area contributed by atoms with E-state index in [1.54, 1.807) is 0 Å². The second-order valence-electron chi connectivity index (χ2n) is 4.58. The van der Waals surface area contributed by atoms with Crippen molar-refractivity contribution in [3.05, 3.63) is 34.1 Å². The van der Waals surface area contributed by atoms with Gasteiger partial charge >= 0.3 is 0 Å². The first kappa shape index (κ1) is 15.6. The van der Waals surface area contributed by atoms with Crippen LogP contribution in [0.1, 0.15) is 26.3 Å². The van der Waals surface area contributed by atoms with E-state index < -0.39 is 0 Å². The van der Waals surface area contributed by atoms with Crippen LogP contribution in [0.2, 0.25) is 0 Å². The lowest BCUT2D eigenvalue weighted by molar-refractivity contribution is 0.0614. The molecule has 0 radical (unpaired) electrons. The largest absolute Gasteiger partial charge is 0.377 e. The van der Waals surface area contributed by atoms with Crippen LogP contribution in [-0.4, -0.2) is 25.3 Å². The molecule has 0 saturated heterocycles. The molecule has 102 valence electrons. The maximum atomic E-state index is 13.8. The quantitative estimate of drug-likeness (QED) is 0.830. The SMILES string of the molecule is CCNC(COC(C)C)Cc1ccc(Br)cc1F. The molecule has 0 saturated carbocycles. The van der Waals surface area contributed by atoms with E-state index in [-0.39, 0.29) is 18.0 Å². The number of hydrogen-bond donors (Lipinski definition) is 1. The third kappa shape index (κ3) is 5.46. The Hall–Kier alpha value is -0.450. The van der Waals surface area contributed by atoms with Crippen molar-refractivity contribution >= 4 is 15.9 Å². The van der Waals surface area contributed by atoms with E-state index in [4.69, 9.17) is 4.74 Å². The van der Waals surface area contributed by atoms with Crippen LogP contribution in [0.4, 0.5) is 4.39 Å². The number of benzene rings is 1. The summed E-state index contributed by atoms with van der Waals surface area (Å²) in [6.45, 7) is 7.50. The highest BCUT2D eigenvalue weighted by Gasteiger charge is 2.12. The topological polar surface area (TPSA) is 21.3 Å². The van der Waals surface area contributed by atoms with Crippen LogP contribution in [0.5, 0.6) is 0 Å². The van der Waals surface area contributed by atoms with E-state index in [2.05, 4.69) is 21.2 Å². The molecule has 0 aliphatic carbocycles. The van der Waals surface area contributed by atoms with Gasteiger partial charge in [0.1, 0.15) is 5.82 Å². The van der Waals surface area contributed by atoms with E-state index in [1.165, 1.54) is 6.07 Å². The fourth-order valence-corrected chi connectivity index (χ4v) is 2.07. The molecule has 1 unspecified atom stereocenters. The van der Waals surface area contributed by atoms with Gasteiger partial charge in [-0.25, -0.2) is 4.39 Å². The van der Waals surface area contributed by atoms with Crippen molar-refractivity contribution in [2.75, 3.05) is 13.2 Å². The Morgan fingerprint density at radius 1 is 1.39 bits per heavy atom. The lowest BCUT2D eigenvalue weighted by Gasteiger charge is -2.20. The highest BCUT2D eigenvalue weighted by molar-refractivity contribution is 9.10. The van der Waals surface area contributed by atoms with Crippen molar-refractivity contribution in [2.24, 2.45) is 0 Å². The van der Waals surface area contributed by atoms with Gasteiger partial charge in [-0.15, -0.1) is 0 Å². The standard InChI is InChI=1S/C14H21BrFNO/c1-4-17-13(9-18-10(2)3)7-11-5-6-12(15)8-14(11)16/h5-6,8,10,13,17H,4,7,9H2,1-3H3. The summed E-state index contributed by atoms with van der Waals surface area (Å²) in [7, 11) is 0. The normalized spacial score (nSPS) is 13.0. The Morgan fingerprint density at radius 2 is 2.11 bits per heavy atom. The molecule has 18 heavy (non-hydrogen) atoms. The fraction of sp³-hybridized carbons (Fsp3) is 0.571. The van der Waals surface area contributed by atoms with Crippen LogP contribution in [0.3, 0.4) is 0 Å². The lowest BCUT2D eigenvalue weighted by atomic mass is 10.1. The Labute approximate surface area is 117 Å². The number of likely N-dealkylation sites (N-methyl/N-ethyl adjacent to an activating group) is 1. The van der Waals surface area contributed by atoms with Gasteiger partial charge in [0.05, 0.1) is 12.7 Å². The van der Waals surface area contributed by atoms with Gasteiger partial charge in [0.15, 0.2) is 0 Å². The minimum atomic E-state index is -0.170. The first-order chi connectivity index (χ1) is 8.52. The summed E-state index contributed by atoms with van der Waals surface area (Å²) in [5, 5.41) is 3.32. The van der Waals surface area contributed by atoms with Crippen LogP contribution >= 0.6 is 15.9 Å². The third-order valence-corrected chi connectivity index (χ3v) is 3.10. The van der Waals surface area contributed by atoms with Crippen LogP contribution in [0.25, 0.3) is 0 Å². The molecule has 1 rings (SSSR count). The van der Waals surface area contributed by atoms with E-state index in [9.17, 15) is 4.39 Å². The highest BCUT2D eigenvalue weighted by Crippen LogP contribution is 2.16. The molecule has 1 aromatic rings. The molecule has 2 nitrogen and oxygen atoms in total. The molecule has 0 spiro atoms. The minimum Gasteiger partial charge on any atom is -0.377 e. The van der Waals surface area contributed by atoms with Gasteiger partial charge in [-0.3, -0.25) is 0 Å². The van der Waals surface area contributed by atoms with Crippen LogP contribution < -0.4 is 5.32 Å². The summed E-state index contributed by atoms with van der Waals surface area (Å²) >= 11 is 3.26. The zero-order valence-corrected chi connectivity index (χ0v) is 12.8. The first-order valence-electron chi connectivity index (χ1n) is 6.31. The lowest BCUT2D eigenvalue weighted by Crippen LogP contribution is -2.36. The van der Waals surface area contributed by atoms with E-state index in [0.29, 0.717) is 13.0 Å². The smallest absolute Gasteiger partial charge is 0.127 e. The predicted molar refractivity (Wildman–Crippen MR) is 76.4 cm³/mol. The summed E-state index contributed by atoms with van der Waals surface area (Å²) in [4.78, 5) is 0. The first-order valence-corrected chi connectivity index (χ1v) is 7.11. The molecule has 1 atom stereocenters. The van der Waals surface area contributed by atoms with Gasteiger partial charge in [0, 0.05) is 10.5 Å². The zero-order chi connectivity index (χ0) is 13.5. The molecule has 0 fully saturated rings. The van der Waals surface area contributed by atoms with Crippen LogP contribution in [0, 0.1) is 5.82 Å². The van der Waals surface area contributed by atoms with Gasteiger partial charge < -0.3 is 10.1 Å². The molecule has 1 N–H and O–H groups in total. The maximum Gasteiger partial charge on any atom is 0.127 e. The second-order valence-corrected chi connectivity index (χ2v) is 5.49. The number of nitrogens with one attached hydrogen (secondary N) is 1. The molecule has 0 aliphatic heterocycles. The molecule has 1 aromatic carbocycles. The average Bonchev–Trinajstić information content (AvgIpc) is 2.29. The minimum absolute atomic E-state index is 0.146. The monoisotopic (exact) mass is 317 g/mol. The van der Waals surface area contributed by atoms with E-state index in [1.807, 2.05) is 32.9 Å². The Kier molecular flexibility index (Phi) is 6.82. The van der Waals surface area contributed by atoms with E-state index >= 15 is 0 Å². The fourth-order valence-electron chi connectivity index (χ4n) is 1.74. The van der Waals surface area contributed by atoms with Crippen molar-refractivity contribution in [1.82, 2.24) is 5.32 Å². The zero-order valence-electron chi connectivity index (χ0n) is 11.2. The second kappa shape index (κ2) is 7.87. The van der Waals surface area contributed by atoms with Gasteiger partial charge in [-0.05, 0) is 44.5 Å². The van der Waals surface area contributed by atoms with Crippen LogP contribution in [0.15, 0.2) is 22.7 Å². The Balaban J connectivity index is 2.64. The summed E-state index contributed by atoms with van der Waals surface area (Å²) in [5.41, 5.74) is 0.719. The van der Waals surface area contributed by atoms with Crippen LogP contribution in [-0.2, 0) is 11.2 Å². The van der Waals surface area contributed by atoms with Gasteiger partial charge in [-0.2, -0.15) is 0 Å². The summed E-state index contributed by atoms with van der Waals surface area (Å²) in [6.07, 6.45) is 0.834. The average molecular weight is 318 g/mol. The molecule has 0 bridgehead atoms. The molecule has 4 heteroatoms. The molecule has 0 aromatic heterocycles. The molecular weight excluding hydrogens is 297 g/mol. The predicted octanol–water partition coefficient (Wildman–Crippen LogP) is 3.53. The molecular formula is C14H21BrFNO. The molecule has 0 amide bonds. The van der Waals surface area contributed by atoms with E-state index in [0.717, 1.165) is 16.6 Å². The number of ether oxygens (including phenoxy) is 1. The molecule has 0 heterocycles.